The lowest BCUT2D eigenvalue weighted by atomic mass is 10.0. The fourth-order valence-electron chi connectivity index (χ4n) is 0.868. The van der Waals surface area contributed by atoms with Crippen LogP contribution in [0, 0.1) is 11.8 Å². The van der Waals surface area contributed by atoms with Crippen molar-refractivity contribution in [3.8, 4) is 0 Å². The maximum absolute atomic E-state index is 2.24. The SMILES string of the molecule is C.C/C=C(\C)c1ccccc1.CC.CC.CC(C)C(C)C. The van der Waals surface area contributed by atoms with E-state index in [9.17, 15) is 0 Å². The van der Waals surface area contributed by atoms with Crippen molar-refractivity contribution in [2.45, 2.75) is 76.7 Å². The molecule has 0 spiro atoms. The highest BCUT2D eigenvalue weighted by Gasteiger charge is 1.95. The number of hydrogen-bond acceptors (Lipinski definition) is 0. The summed E-state index contributed by atoms with van der Waals surface area (Å²) in [5, 5.41) is 0. The Morgan fingerprint density at radius 1 is 0.810 bits per heavy atom. The minimum atomic E-state index is 0. The van der Waals surface area contributed by atoms with Gasteiger partial charge in [-0.1, -0.05) is 99.2 Å². The van der Waals surface area contributed by atoms with Crippen LogP contribution in [0.25, 0.3) is 5.57 Å². The zero-order valence-corrected chi connectivity index (χ0v) is 15.6. The molecule has 0 nitrogen and oxygen atoms in total. The molecule has 1 aromatic rings. The summed E-state index contributed by atoms with van der Waals surface area (Å²) in [5.41, 5.74) is 2.64. The summed E-state index contributed by atoms with van der Waals surface area (Å²) in [6, 6.07) is 10.4. The Hall–Kier alpha value is -1.04. The van der Waals surface area contributed by atoms with Crippen LogP contribution in [0.15, 0.2) is 36.4 Å². The van der Waals surface area contributed by atoms with Crippen molar-refractivity contribution in [3.63, 3.8) is 0 Å². The van der Waals surface area contributed by atoms with E-state index < -0.39 is 0 Å². The Balaban J connectivity index is -0.000000115. The largest absolute Gasteiger partial charge is 0.0841 e. The normalized spacial score (nSPS) is 9.24. The van der Waals surface area contributed by atoms with Crippen molar-refractivity contribution >= 4 is 5.57 Å². The van der Waals surface area contributed by atoms with Crippen LogP contribution in [-0.2, 0) is 0 Å². The van der Waals surface area contributed by atoms with Crippen LogP contribution < -0.4 is 0 Å². The fourth-order valence-corrected chi connectivity index (χ4v) is 0.868. The van der Waals surface area contributed by atoms with Crippen LogP contribution in [0.5, 0.6) is 0 Å². The van der Waals surface area contributed by atoms with E-state index >= 15 is 0 Å². The summed E-state index contributed by atoms with van der Waals surface area (Å²) >= 11 is 0. The standard InChI is InChI=1S/C10H12.C6H14.2C2H6.CH4/c1-3-9(2)10-7-5-4-6-8-10;1-5(2)6(3)4;2*1-2;/h3-8H,1-2H3;5-6H,1-4H3;2*1-2H3;1H4/b9-3+;;;;. The van der Waals surface area contributed by atoms with Gasteiger partial charge in [0.1, 0.15) is 0 Å². The first-order chi connectivity index (χ1) is 9.49. The highest BCUT2D eigenvalue weighted by molar-refractivity contribution is 5.62. The smallest absolute Gasteiger partial charge is 0.0231 e. The Morgan fingerprint density at radius 3 is 1.38 bits per heavy atom. The summed E-state index contributed by atoms with van der Waals surface area (Å²) in [5.74, 6) is 1.70. The van der Waals surface area contributed by atoms with E-state index in [1.54, 1.807) is 0 Å². The van der Waals surface area contributed by atoms with Crippen molar-refractivity contribution in [2.24, 2.45) is 11.8 Å². The lowest BCUT2D eigenvalue weighted by Gasteiger charge is -2.05. The molecule has 21 heavy (non-hydrogen) atoms. The van der Waals surface area contributed by atoms with E-state index in [1.807, 2.05) is 33.8 Å². The predicted octanol–water partition coefficient (Wildman–Crippen LogP) is 8.10. The third kappa shape index (κ3) is 19.0. The molecule has 1 rings (SSSR count). The van der Waals surface area contributed by atoms with Crippen molar-refractivity contribution in [1.82, 2.24) is 0 Å². The number of hydrogen-bond donors (Lipinski definition) is 0. The number of allylic oxidation sites excluding steroid dienone is 2. The van der Waals surface area contributed by atoms with Crippen LogP contribution in [0.3, 0.4) is 0 Å². The van der Waals surface area contributed by atoms with Gasteiger partial charge in [0.05, 0.1) is 0 Å². The molecule has 0 heteroatoms. The molecule has 0 saturated heterocycles. The van der Waals surface area contributed by atoms with Crippen molar-refractivity contribution in [2.75, 3.05) is 0 Å². The van der Waals surface area contributed by atoms with E-state index in [2.05, 4.69) is 71.9 Å². The first-order valence-electron chi connectivity index (χ1n) is 8.17. The molecule has 0 fully saturated rings. The predicted molar refractivity (Wildman–Crippen MR) is 105 cm³/mol. The molecule has 0 aliphatic rings. The third-order valence-corrected chi connectivity index (χ3v) is 3.00. The topological polar surface area (TPSA) is 0 Å². The van der Waals surface area contributed by atoms with Gasteiger partial charge in [-0.2, -0.15) is 0 Å². The molecule has 0 N–H and O–H groups in total. The molecule has 0 bridgehead atoms. The molecule has 0 unspecified atom stereocenters. The summed E-state index contributed by atoms with van der Waals surface area (Å²) in [4.78, 5) is 0. The highest BCUT2D eigenvalue weighted by atomic mass is 14.0. The van der Waals surface area contributed by atoms with Crippen LogP contribution in [-0.4, -0.2) is 0 Å². The van der Waals surface area contributed by atoms with Gasteiger partial charge in [0, 0.05) is 0 Å². The molecule has 0 aliphatic carbocycles. The van der Waals surface area contributed by atoms with Gasteiger partial charge in [0.15, 0.2) is 0 Å². The maximum Gasteiger partial charge on any atom is -0.0231 e. The molecular formula is C21H42. The van der Waals surface area contributed by atoms with Gasteiger partial charge in [0.2, 0.25) is 0 Å². The van der Waals surface area contributed by atoms with Gasteiger partial charge in [-0.25, -0.2) is 0 Å². The minimum absolute atomic E-state index is 0. The number of benzene rings is 1. The van der Waals surface area contributed by atoms with Crippen molar-refractivity contribution in [3.05, 3.63) is 42.0 Å². The number of rotatable bonds is 2. The summed E-state index contributed by atoms with van der Waals surface area (Å²) in [6.07, 6.45) is 2.12. The molecule has 0 radical (unpaired) electrons. The second kappa shape index (κ2) is 21.3. The van der Waals surface area contributed by atoms with E-state index in [4.69, 9.17) is 0 Å². The van der Waals surface area contributed by atoms with Gasteiger partial charge >= 0.3 is 0 Å². The van der Waals surface area contributed by atoms with E-state index in [0.29, 0.717) is 0 Å². The van der Waals surface area contributed by atoms with E-state index in [1.165, 1.54) is 11.1 Å². The first-order valence-corrected chi connectivity index (χ1v) is 8.17. The molecule has 0 atom stereocenters. The molecule has 126 valence electrons. The van der Waals surface area contributed by atoms with Crippen LogP contribution in [0.4, 0.5) is 0 Å². The van der Waals surface area contributed by atoms with E-state index in [0.717, 1.165) is 11.8 Å². The quantitative estimate of drug-likeness (QED) is 0.517. The average molecular weight is 295 g/mol. The molecule has 0 amide bonds. The van der Waals surface area contributed by atoms with E-state index in [-0.39, 0.29) is 7.43 Å². The Labute approximate surface area is 136 Å². The Kier molecular flexibility index (Phi) is 28.5. The lowest BCUT2D eigenvalue weighted by molar-refractivity contribution is 0.457. The summed E-state index contributed by atoms with van der Waals surface area (Å²) in [6.45, 7) is 21.1. The zero-order valence-electron chi connectivity index (χ0n) is 15.6. The molecule has 1 aromatic carbocycles. The van der Waals surface area contributed by atoms with Crippen LogP contribution in [0.1, 0.15) is 82.2 Å². The molecule has 0 heterocycles. The third-order valence-electron chi connectivity index (χ3n) is 3.00. The van der Waals surface area contributed by atoms with Crippen LogP contribution >= 0.6 is 0 Å². The Bertz CT molecular complexity index is 285. The second-order valence-electron chi connectivity index (χ2n) is 4.83. The fraction of sp³-hybridized carbons (Fsp3) is 0.619. The van der Waals surface area contributed by atoms with Gasteiger partial charge in [-0.05, 0) is 36.8 Å². The molecule has 0 aliphatic heterocycles. The van der Waals surface area contributed by atoms with Crippen molar-refractivity contribution in [1.29, 1.82) is 0 Å². The molecule has 0 aromatic heterocycles. The van der Waals surface area contributed by atoms with Gasteiger partial charge in [0.25, 0.3) is 0 Å². The summed E-state index contributed by atoms with van der Waals surface area (Å²) < 4.78 is 0. The van der Waals surface area contributed by atoms with Gasteiger partial charge < -0.3 is 0 Å². The Morgan fingerprint density at radius 2 is 1.14 bits per heavy atom. The second-order valence-corrected chi connectivity index (χ2v) is 4.83. The average Bonchev–Trinajstić information content (AvgIpc) is 2.52. The first kappa shape index (κ1) is 28.2. The monoisotopic (exact) mass is 294 g/mol. The highest BCUT2D eigenvalue weighted by Crippen LogP contribution is 2.11. The maximum atomic E-state index is 2.24. The minimum Gasteiger partial charge on any atom is -0.0841 e. The van der Waals surface area contributed by atoms with Crippen molar-refractivity contribution < 1.29 is 0 Å². The molecular weight excluding hydrogens is 252 g/mol. The zero-order chi connectivity index (χ0) is 16.6. The van der Waals surface area contributed by atoms with Crippen LogP contribution in [0.2, 0.25) is 0 Å². The lowest BCUT2D eigenvalue weighted by Crippen LogP contribution is -1.95. The molecule has 0 saturated carbocycles. The summed E-state index contributed by atoms with van der Waals surface area (Å²) in [7, 11) is 0. The van der Waals surface area contributed by atoms with Gasteiger partial charge in [-0.3, -0.25) is 0 Å². The van der Waals surface area contributed by atoms with Gasteiger partial charge in [-0.15, -0.1) is 0 Å².